The SMILES string of the molecule is COCCCNC(=O)CSc1nc(-c2cc(OC)c(OC)c(OC)c2)[nH]c1-c1ccc(Cl)cc1. The summed E-state index contributed by atoms with van der Waals surface area (Å²) in [5, 5.41) is 4.22. The number of aromatic amines is 1. The van der Waals surface area contributed by atoms with Gasteiger partial charge in [0.25, 0.3) is 0 Å². The number of aromatic nitrogens is 2. The van der Waals surface area contributed by atoms with Gasteiger partial charge in [-0.05, 0) is 30.7 Å². The summed E-state index contributed by atoms with van der Waals surface area (Å²) in [5.41, 5.74) is 2.44. The zero-order valence-corrected chi connectivity index (χ0v) is 21.1. The number of H-pyrrole nitrogens is 1. The quantitative estimate of drug-likeness (QED) is 0.273. The molecule has 1 heterocycles. The third-order valence-electron chi connectivity index (χ3n) is 4.93. The van der Waals surface area contributed by atoms with Crippen LogP contribution in [0.15, 0.2) is 41.4 Å². The van der Waals surface area contributed by atoms with Crippen molar-refractivity contribution >= 4 is 29.3 Å². The van der Waals surface area contributed by atoms with Crippen LogP contribution < -0.4 is 19.5 Å². The average Bonchev–Trinajstić information content (AvgIpc) is 3.29. The fourth-order valence-electron chi connectivity index (χ4n) is 3.26. The number of amides is 1. The Morgan fingerprint density at radius 2 is 1.71 bits per heavy atom. The fraction of sp³-hybridized carbons (Fsp3) is 0.333. The molecule has 2 aromatic carbocycles. The van der Waals surface area contributed by atoms with E-state index in [0.29, 0.717) is 46.3 Å². The van der Waals surface area contributed by atoms with E-state index < -0.39 is 0 Å². The number of hydrogen-bond donors (Lipinski definition) is 2. The molecular weight excluding hydrogens is 478 g/mol. The first-order chi connectivity index (χ1) is 16.5. The van der Waals surface area contributed by atoms with Crippen molar-refractivity contribution < 1.29 is 23.7 Å². The predicted molar refractivity (Wildman–Crippen MR) is 134 cm³/mol. The molecule has 10 heteroatoms. The molecule has 0 spiro atoms. The van der Waals surface area contributed by atoms with E-state index in [-0.39, 0.29) is 11.7 Å². The maximum absolute atomic E-state index is 12.3. The molecule has 0 aliphatic heterocycles. The van der Waals surface area contributed by atoms with E-state index in [1.165, 1.54) is 11.8 Å². The van der Waals surface area contributed by atoms with Gasteiger partial charge in [0, 0.05) is 36.4 Å². The number of rotatable bonds is 12. The number of halogens is 1. The molecule has 0 fully saturated rings. The molecule has 0 radical (unpaired) electrons. The van der Waals surface area contributed by atoms with Crippen molar-refractivity contribution in [1.82, 2.24) is 15.3 Å². The normalized spacial score (nSPS) is 10.7. The highest BCUT2D eigenvalue weighted by atomic mass is 35.5. The van der Waals surface area contributed by atoms with Gasteiger partial charge in [-0.2, -0.15) is 0 Å². The Labute approximate surface area is 208 Å². The average molecular weight is 506 g/mol. The topological polar surface area (TPSA) is 94.7 Å². The largest absolute Gasteiger partial charge is 0.493 e. The molecule has 182 valence electrons. The lowest BCUT2D eigenvalue weighted by Gasteiger charge is -2.13. The van der Waals surface area contributed by atoms with Gasteiger partial charge in [0.1, 0.15) is 10.9 Å². The van der Waals surface area contributed by atoms with Crippen LogP contribution >= 0.6 is 23.4 Å². The first-order valence-corrected chi connectivity index (χ1v) is 11.9. The molecular formula is C24H28ClN3O5S. The van der Waals surface area contributed by atoms with Crippen molar-refractivity contribution in [2.45, 2.75) is 11.4 Å². The number of carbonyl (C=O) groups is 1. The van der Waals surface area contributed by atoms with Crippen molar-refractivity contribution in [3.63, 3.8) is 0 Å². The van der Waals surface area contributed by atoms with Gasteiger partial charge in [-0.3, -0.25) is 4.79 Å². The van der Waals surface area contributed by atoms with Crippen LogP contribution in [0.2, 0.25) is 5.02 Å². The van der Waals surface area contributed by atoms with Crippen LogP contribution in [-0.2, 0) is 9.53 Å². The Morgan fingerprint density at radius 3 is 2.29 bits per heavy atom. The van der Waals surface area contributed by atoms with Crippen LogP contribution in [0, 0.1) is 0 Å². The molecule has 2 N–H and O–H groups in total. The van der Waals surface area contributed by atoms with Gasteiger partial charge < -0.3 is 29.2 Å². The van der Waals surface area contributed by atoms with E-state index in [4.69, 9.17) is 35.5 Å². The summed E-state index contributed by atoms with van der Waals surface area (Å²) in [7, 11) is 6.32. The molecule has 1 amide bonds. The number of thioether (sulfide) groups is 1. The van der Waals surface area contributed by atoms with Crippen LogP contribution in [0.3, 0.4) is 0 Å². The molecule has 8 nitrogen and oxygen atoms in total. The maximum Gasteiger partial charge on any atom is 0.230 e. The molecule has 0 unspecified atom stereocenters. The Kier molecular flexibility index (Phi) is 9.50. The molecule has 0 atom stereocenters. The van der Waals surface area contributed by atoms with Crippen molar-refractivity contribution in [3.8, 4) is 39.9 Å². The number of benzene rings is 2. The van der Waals surface area contributed by atoms with E-state index >= 15 is 0 Å². The van der Waals surface area contributed by atoms with Crippen molar-refractivity contribution in [2.75, 3.05) is 47.3 Å². The van der Waals surface area contributed by atoms with Crippen molar-refractivity contribution in [1.29, 1.82) is 0 Å². The lowest BCUT2D eigenvalue weighted by molar-refractivity contribution is -0.118. The highest BCUT2D eigenvalue weighted by Crippen LogP contribution is 2.42. The van der Waals surface area contributed by atoms with Gasteiger partial charge in [-0.25, -0.2) is 4.98 Å². The monoisotopic (exact) mass is 505 g/mol. The highest BCUT2D eigenvalue weighted by molar-refractivity contribution is 8.00. The molecule has 34 heavy (non-hydrogen) atoms. The first kappa shape index (κ1) is 25.7. The van der Waals surface area contributed by atoms with E-state index in [2.05, 4.69) is 10.3 Å². The molecule has 1 aromatic heterocycles. The summed E-state index contributed by atoms with van der Waals surface area (Å²) < 4.78 is 21.4. The van der Waals surface area contributed by atoms with Gasteiger partial charge in [0.2, 0.25) is 11.7 Å². The van der Waals surface area contributed by atoms with Crippen LogP contribution in [-0.4, -0.2) is 63.2 Å². The summed E-state index contributed by atoms with van der Waals surface area (Å²) in [4.78, 5) is 20.5. The third kappa shape index (κ3) is 6.37. The Hall–Kier alpha value is -2.88. The van der Waals surface area contributed by atoms with Gasteiger partial charge >= 0.3 is 0 Å². The minimum atomic E-state index is -0.0690. The van der Waals surface area contributed by atoms with Crippen molar-refractivity contribution in [2.24, 2.45) is 0 Å². The van der Waals surface area contributed by atoms with E-state index in [1.807, 2.05) is 36.4 Å². The van der Waals surface area contributed by atoms with Crippen LogP contribution in [0.1, 0.15) is 6.42 Å². The van der Waals surface area contributed by atoms with Crippen LogP contribution in [0.25, 0.3) is 22.6 Å². The summed E-state index contributed by atoms with van der Waals surface area (Å²) >= 11 is 7.43. The maximum atomic E-state index is 12.3. The molecule has 0 aliphatic carbocycles. The molecule has 3 aromatic rings. The minimum absolute atomic E-state index is 0.0690. The zero-order chi connectivity index (χ0) is 24.5. The lowest BCUT2D eigenvalue weighted by atomic mass is 10.1. The van der Waals surface area contributed by atoms with Crippen molar-refractivity contribution in [3.05, 3.63) is 41.4 Å². The number of imidazole rings is 1. The molecule has 0 aliphatic rings. The lowest BCUT2D eigenvalue weighted by Crippen LogP contribution is -2.26. The van der Waals surface area contributed by atoms with Gasteiger partial charge in [-0.15, -0.1) is 0 Å². The summed E-state index contributed by atoms with van der Waals surface area (Å²) in [6.07, 6.45) is 0.761. The molecule has 0 saturated carbocycles. The molecule has 0 saturated heterocycles. The van der Waals surface area contributed by atoms with E-state index in [0.717, 1.165) is 23.2 Å². The second kappa shape index (κ2) is 12.5. The van der Waals surface area contributed by atoms with E-state index in [1.54, 1.807) is 28.4 Å². The number of methoxy groups -OCH3 is 4. The second-order valence-electron chi connectivity index (χ2n) is 7.17. The smallest absolute Gasteiger partial charge is 0.230 e. The van der Waals surface area contributed by atoms with Gasteiger partial charge in [0.15, 0.2) is 11.5 Å². The number of nitrogens with zero attached hydrogens (tertiary/aromatic N) is 1. The number of ether oxygens (including phenoxy) is 4. The fourth-order valence-corrected chi connectivity index (χ4v) is 4.22. The van der Waals surface area contributed by atoms with Gasteiger partial charge in [0.05, 0.1) is 32.8 Å². The first-order valence-electron chi connectivity index (χ1n) is 10.6. The Morgan fingerprint density at radius 1 is 1.03 bits per heavy atom. The van der Waals surface area contributed by atoms with Crippen LogP contribution in [0.4, 0.5) is 0 Å². The standard InChI is InChI=1S/C24H28ClN3O5S/c1-30-11-5-10-26-20(29)14-34-24-21(15-6-8-17(25)9-7-15)27-23(28-24)16-12-18(31-2)22(33-4)19(13-16)32-3/h6-9,12-13H,5,10-11,14H2,1-4H3,(H,26,29)(H,27,28). The number of hydrogen-bond acceptors (Lipinski definition) is 7. The Balaban J connectivity index is 1.92. The molecule has 0 bridgehead atoms. The van der Waals surface area contributed by atoms with Crippen LogP contribution in [0.5, 0.6) is 17.2 Å². The summed E-state index contributed by atoms with van der Waals surface area (Å²) in [6.45, 7) is 1.17. The summed E-state index contributed by atoms with van der Waals surface area (Å²) in [6, 6.07) is 11.1. The minimum Gasteiger partial charge on any atom is -0.493 e. The number of carbonyl (C=O) groups excluding carboxylic acids is 1. The molecule has 3 rings (SSSR count). The summed E-state index contributed by atoms with van der Waals surface area (Å²) in [5.74, 6) is 2.30. The van der Waals surface area contributed by atoms with Gasteiger partial charge in [-0.1, -0.05) is 35.5 Å². The second-order valence-corrected chi connectivity index (χ2v) is 8.57. The third-order valence-corrected chi connectivity index (χ3v) is 6.16. The predicted octanol–water partition coefficient (Wildman–Crippen LogP) is 4.67. The van der Waals surface area contributed by atoms with E-state index in [9.17, 15) is 4.79 Å². The Bertz CT molecular complexity index is 1080. The number of nitrogens with one attached hydrogen (secondary N) is 2. The zero-order valence-electron chi connectivity index (χ0n) is 19.6. The highest BCUT2D eigenvalue weighted by Gasteiger charge is 2.19.